The molecule has 1 N–H and O–H groups in total. The summed E-state index contributed by atoms with van der Waals surface area (Å²) in [6.07, 6.45) is 12.6. The van der Waals surface area contributed by atoms with Crippen LogP contribution in [-0.4, -0.2) is 13.0 Å². The smallest absolute Gasteiger partial charge is 0.230 e. The van der Waals surface area contributed by atoms with Crippen molar-refractivity contribution in [3.05, 3.63) is 48.6 Å². The number of hydrogen-bond acceptors (Lipinski definition) is 2. The number of rotatable bonds is 4. The van der Waals surface area contributed by atoms with E-state index in [0.717, 1.165) is 37.1 Å². The van der Waals surface area contributed by atoms with Gasteiger partial charge in [-0.05, 0) is 85.5 Å². The van der Waals surface area contributed by atoms with Gasteiger partial charge in [-0.1, -0.05) is 44.9 Å². The van der Waals surface area contributed by atoms with E-state index in [1.165, 1.54) is 19.3 Å². The van der Waals surface area contributed by atoms with Crippen molar-refractivity contribution >= 4 is 11.6 Å². The molecule has 1 amide bonds. The fourth-order valence-electron chi connectivity index (χ4n) is 6.83. The second-order valence-corrected chi connectivity index (χ2v) is 10.7. The monoisotopic (exact) mass is 407 g/mol. The van der Waals surface area contributed by atoms with Crippen molar-refractivity contribution < 1.29 is 9.53 Å². The molecule has 0 heterocycles. The number of hydrogen-bond donors (Lipinski definition) is 1. The molecule has 5 unspecified atom stereocenters. The molecule has 30 heavy (non-hydrogen) atoms. The number of carbonyl (C=O) groups excluding carboxylic acids is 1. The molecule has 3 aliphatic carbocycles. The van der Waals surface area contributed by atoms with Crippen molar-refractivity contribution in [1.82, 2.24) is 0 Å². The standard InChI is InChI=1S/C27H37NO2/c1-6-25(2)17-14-22-19(18-25)8-13-23-26(22,3)15-7-16-27(23,4)24(29)28-20-9-11-21(30-5)12-10-20/h6,8-12,22-23H,1,7,13-18H2,2-5H3,(H,28,29). The third-order valence-corrected chi connectivity index (χ3v) is 8.81. The van der Waals surface area contributed by atoms with Crippen LogP contribution in [0.25, 0.3) is 0 Å². The lowest BCUT2D eigenvalue weighted by atomic mass is 9.45. The van der Waals surface area contributed by atoms with Gasteiger partial charge in [-0.3, -0.25) is 4.79 Å². The SMILES string of the molecule is C=CC1(C)CCC2C(=CCC3C(C)(C(=O)Nc4ccc(OC)cc4)CCCC23C)C1. The number of carbonyl (C=O) groups is 1. The number of fused-ring (bicyclic) bond motifs is 3. The average Bonchev–Trinajstić information content (AvgIpc) is 2.74. The molecular weight excluding hydrogens is 370 g/mol. The molecule has 0 aliphatic heterocycles. The zero-order valence-electron chi connectivity index (χ0n) is 19.1. The van der Waals surface area contributed by atoms with Crippen LogP contribution in [0.1, 0.15) is 65.7 Å². The van der Waals surface area contributed by atoms with Gasteiger partial charge in [-0.2, -0.15) is 0 Å². The number of anilines is 1. The lowest BCUT2D eigenvalue weighted by molar-refractivity contribution is -0.139. The van der Waals surface area contributed by atoms with E-state index in [4.69, 9.17) is 4.74 Å². The lowest BCUT2D eigenvalue weighted by Crippen LogP contribution is -2.55. The van der Waals surface area contributed by atoms with Crippen molar-refractivity contribution in [3.63, 3.8) is 0 Å². The summed E-state index contributed by atoms with van der Waals surface area (Å²) in [4.78, 5) is 13.6. The van der Waals surface area contributed by atoms with E-state index in [-0.39, 0.29) is 22.2 Å². The Morgan fingerprint density at radius 2 is 1.90 bits per heavy atom. The van der Waals surface area contributed by atoms with Crippen molar-refractivity contribution in [2.24, 2.45) is 28.1 Å². The van der Waals surface area contributed by atoms with Gasteiger partial charge in [0, 0.05) is 5.69 Å². The Morgan fingerprint density at radius 1 is 1.17 bits per heavy atom. The quantitative estimate of drug-likeness (QED) is 0.559. The van der Waals surface area contributed by atoms with E-state index in [1.807, 2.05) is 24.3 Å². The van der Waals surface area contributed by atoms with E-state index >= 15 is 0 Å². The molecule has 4 rings (SSSR count). The zero-order valence-corrected chi connectivity index (χ0v) is 19.1. The van der Waals surface area contributed by atoms with Crippen LogP contribution in [0.4, 0.5) is 5.69 Å². The topological polar surface area (TPSA) is 38.3 Å². The van der Waals surface area contributed by atoms with Crippen molar-refractivity contribution in [1.29, 1.82) is 0 Å². The Hall–Kier alpha value is -2.03. The van der Waals surface area contributed by atoms with Crippen molar-refractivity contribution in [2.45, 2.75) is 65.7 Å². The van der Waals surface area contributed by atoms with Crippen LogP contribution in [0, 0.1) is 28.1 Å². The second kappa shape index (κ2) is 7.59. The number of methoxy groups -OCH3 is 1. The molecule has 1 aromatic carbocycles. The molecule has 1 aromatic rings. The van der Waals surface area contributed by atoms with E-state index < -0.39 is 0 Å². The lowest BCUT2D eigenvalue weighted by Gasteiger charge is -2.59. The first kappa shape index (κ1) is 21.2. The molecule has 5 atom stereocenters. The molecular formula is C27H37NO2. The largest absolute Gasteiger partial charge is 0.497 e. The Morgan fingerprint density at radius 3 is 2.57 bits per heavy atom. The number of benzene rings is 1. The molecule has 3 nitrogen and oxygen atoms in total. The summed E-state index contributed by atoms with van der Waals surface area (Å²) in [6.45, 7) is 11.1. The minimum Gasteiger partial charge on any atom is -0.497 e. The predicted molar refractivity (Wildman–Crippen MR) is 124 cm³/mol. The highest BCUT2D eigenvalue weighted by molar-refractivity contribution is 5.95. The van der Waals surface area contributed by atoms with Crippen LogP contribution in [0.5, 0.6) is 5.75 Å². The molecule has 0 radical (unpaired) electrons. The third-order valence-electron chi connectivity index (χ3n) is 8.81. The van der Waals surface area contributed by atoms with Gasteiger partial charge in [0.1, 0.15) is 5.75 Å². The number of amides is 1. The summed E-state index contributed by atoms with van der Waals surface area (Å²) in [5.41, 5.74) is 2.57. The van der Waals surface area contributed by atoms with Gasteiger partial charge in [0.2, 0.25) is 5.91 Å². The molecule has 0 saturated heterocycles. The van der Waals surface area contributed by atoms with Gasteiger partial charge in [0.15, 0.2) is 0 Å². The highest BCUT2D eigenvalue weighted by Gasteiger charge is 2.57. The minimum absolute atomic E-state index is 0.173. The third kappa shape index (κ3) is 3.40. The van der Waals surface area contributed by atoms with Crippen LogP contribution in [0.15, 0.2) is 48.6 Å². The normalized spacial score (nSPS) is 37.9. The van der Waals surface area contributed by atoms with E-state index in [9.17, 15) is 4.79 Å². The van der Waals surface area contributed by atoms with Crippen LogP contribution in [0.2, 0.25) is 0 Å². The van der Waals surface area contributed by atoms with Crippen LogP contribution in [0.3, 0.4) is 0 Å². The zero-order chi connectivity index (χ0) is 21.6. The minimum atomic E-state index is -0.339. The van der Waals surface area contributed by atoms with Crippen molar-refractivity contribution in [3.8, 4) is 5.75 Å². The van der Waals surface area contributed by atoms with Gasteiger partial charge < -0.3 is 10.1 Å². The van der Waals surface area contributed by atoms with E-state index in [1.54, 1.807) is 12.7 Å². The summed E-state index contributed by atoms with van der Waals surface area (Å²) < 4.78 is 5.24. The Labute approximate surface area is 182 Å². The molecule has 162 valence electrons. The maximum absolute atomic E-state index is 13.6. The number of ether oxygens (including phenoxy) is 1. The first-order valence-corrected chi connectivity index (χ1v) is 11.5. The summed E-state index contributed by atoms with van der Waals surface area (Å²) in [5, 5.41) is 3.22. The molecule has 2 saturated carbocycles. The summed E-state index contributed by atoms with van der Waals surface area (Å²) >= 11 is 0. The summed E-state index contributed by atoms with van der Waals surface area (Å²) in [6, 6.07) is 7.66. The second-order valence-electron chi connectivity index (χ2n) is 10.7. The maximum atomic E-state index is 13.6. The highest BCUT2D eigenvalue weighted by Crippen LogP contribution is 2.63. The number of nitrogens with one attached hydrogen (secondary N) is 1. The van der Waals surface area contributed by atoms with Crippen molar-refractivity contribution in [2.75, 3.05) is 12.4 Å². The van der Waals surface area contributed by atoms with Gasteiger partial charge >= 0.3 is 0 Å². The van der Waals surface area contributed by atoms with Gasteiger partial charge in [-0.25, -0.2) is 0 Å². The Balaban J connectivity index is 1.59. The Bertz CT molecular complexity index is 856. The fraction of sp³-hybridized carbons (Fsp3) is 0.593. The predicted octanol–water partition coefficient (Wildman–Crippen LogP) is 6.77. The first-order chi connectivity index (χ1) is 14.2. The molecule has 0 aromatic heterocycles. The molecule has 0 spiro atoms. The summed E-state index contributed by atoms with van der Waals surface area (Å²) in [7, 11) is 1.66. The van der Waals surface area contributed by atoms with Crippen LogP contribution in [-0.2, 0) is 4.79 Å². The van der Waals surface area contributed by atoms with Crippen LogP contribution >= 0.6 is 0 Å². The van der Waals surface area contributed by atoms with Gasteiger partial charge in [0.05, 0.1) is 12.5 Å². The summed E-state index contributed by atoms with van der Waals surface area (Å²) in [5.74, 6) is 1.97. The highest BCUT2D eigenvalue weighted by atomic mass is 16.5. The Kier molecular flexibility index (Phi) is 5.36. The number of allylic oxidation sites excluding steroid dienone is 3. The fourth-order valence-corrected chi connectivity index (χ4v) is 6.83. The van der Waals surface area contributed by atoms with E-state index in [0.29, 0.717) is 11.8 Å². The van der Waals surface area contributed by atoms with Crippen LogP contribution < -0.4 is 10.1 Å². The first-order valence-electron chi connectivity index (χ1n) is 11.5. The van der Waals surface area contributed by atoms with Gasteiger partial charge in [-0.15, -0.1) is 6.58 Å². The molecule has 3 heteroatoms. The molecule has 0 bridgehead atoms. The van der Waals surface area contributed by atoms with E-state index in [2.05, 4.69) is 44.8 Å². The molecule has 3 aliphatic rings. The maximum Gasteiger partial charge on any atom is 0.230 e. The average molecular weight is 408 g/mol. The van der Waals surface area contributed by atoms with Gasteiger partial charge in [0.25, 0.3) is 0 Å². The molecule has 2 fully saturated rings.